The van der Waals surface area contributed by atoms with Crippen molar-refractivity contribution in [2.45, 2.75) is 37.5 Å². The minimum absolute atomic E-state index is 0. The summed E-state index contributed by atoms with van der Waals surface area (Å²) in [6, 6.07) is 52.9. The third-order valence-electron chi connectivity index (χ3n) is 10.2. The normalized spacial score (nSPS) is 11.8. The number of rotatable bonds is 6. The molecule has 0 N–H and O–H groups in total. The molecule has 0 amide bonds. The van der Waals surface area contributed by atoms with Gasteiger partial charge in [0.25, 0.3) is 0 Å². The minimum Gasteiger partial charge on any atom is -0.501 e. The quantitative estimate of drug-likeness (QED) is 0.123. The molecule has 279 valence electrons. The third-order valence-corrected chi connectivity index (χ3v) is 15.6. The fourth-order valence-electron chi connectivity index (χ4n) is 7.65. The topological polar surface area (TPSA) is 43.9 Å². The predicted molar refractivity (Wildman–Crippen MR) is 236 cm³/mol. The van der Waals surface area contributed by atoms with E-state index in [0.29, 0.717) is 5.92 Å². The van der Waals surface area contributed by atoms with Crippen LogP contribution >= 0.6 is 11.3 Å². The molecule has 4 nitrogen and oxygen atoms in total. The molecule has 0 aliphatic rings. The van der Waals surface area contributed by atoms with Crippen LogP contribution in [0.25, 0.3) is 81.5 Å². The van der Waals surface area contributed by atoms with Gasteiger partial charge >= 0.3 is 126 Å². The zero-order valence-corrected chi connectivity index (χ0v) is 37.4. The van der Waals surface area contributed by atoms with Gasteiger partial charge in [-0.1, -0.05) is 59.5 Å². The molecule has 10 rings (SSSR count). The molecular weight excluding hydrogens is 943 g/mol. The van der Waals surface area contributed by atoms with Crippen LogP contribution in [-0.2, 0) is 26.5 Å². The van der Waals surface area contributed by atoms with Gasteiger partial charge in [-0.2, -0.15) is 0 Å². The third kappa shape index (κ3) is 7.16. The molecule has 0 atom stereocenters. The Morgan fingerprint density at radius 2 is 1.48 bits per heavy atom. The van der Waals surface area contributed by atoms with E-state index in [9.17, 15) is 0 Å². The van der Waals surface area contributed by atoms with E-state index in [-0.39, 0.29) is 20.1 Å². The van der Waals surface area contributed by atoms with Gasteiger partial charge in [-0.05, 0) is 42.5 Å². The summed E-state index contributed by atoms with van der Waals surface area (Å²) in [4.78, 5) is 9.78. The maximum absolute atomic E-state index is 6.36. The maximum Gasteiger partial charge on any atom is 0.120 e. The summed E-state index contributed by atoms with van der Waals surface area (Å²) in [5.74, 6) is 8.82. The van der Waals surface area contributed by atoms with Crippen LogP contribution in [0, 0.1) is 18.1 Å². The maximum atomic E-state index is 6.36. The number of nitrogens with zero attached hydrogens (tertiary/aromatic N) is 3. The summed E-state index contributed by atoms with van der Waals surface area (Å²) < 4.78 is 12.7. The number of para-hydroxylation sites is 3. The second-order valence-corrected chi connectivity index (χ2v) is 27.2. The first-order chi connectivity index (χ1) is 26.7. The number of benzene rings is 6. The molecular formula is C49H41GeIrN3OS-2. The van der Waals surface area contributed by atoms with Crippen LogP contribution < -0.4 is 4.40 Å². The Bertz CT molecular complexity index is 2990. The van der Waals surface area contributed by atoms with E-state index in [1.54, 1.807) is 4.40 Å². The summed E-state index contributed by atoms with van der Waals surface area (Å²) in [5, 5.41) is 4.72. The average molecular weight is 985 g/mol. The number of aromatic nitrogens is 3. The van der Waals surface area contributed by atoms with E-state index < -0.39 is 13.3 Å². The van der Waals surface area contributed by atoms with Crippen molar-refractivity contribution in [2.24, 2.45) is 5.92 Å². The minimum atomic E-state index is -1.86. The first-order valence-corrected chi connectivity index (χ1v) is 27.1. The number of pyridine rings is 1. The van der Waals surface area contributed by atoms with Gasteiger partial charge in [-0.15, -0.1) is 29.5 Å². The second-order valence-electron chi connectivity index (χ2n) is 15.6. The summed E-state index contributed by atoms with van der Waals surface area (Å²) in [6.07, 6.45) is 3.27. The molecule has 56 heavy (non-hydrogen) atoms. The monoisotopic (exact) mass is 986 g/mol. The van der Waals surface area contributed by atoms with Crippen molar-refractivity contribution in [1.29, 1.82) is 0 Å². The molecule has 1 radical (unpaired) electrons. The number of imidazole rings is 1. The molecule has 0 fully saturated rings. The standard InChI is InChI=1S/C31H17N2OS.C18H24GeN.Ir/c1-5-14-27-20(8-1)22-10-7-11-23(30(22)34-27)31-32-25-12-3-4-13-26(25)33(31)19-16-17-29-24(18-19)21-9-2-6-15-28(21)35-29;1-14(2)11-16-12-18(15-9-7-6-8-10-15)20-13-17(16)19(3,4)5;/h1-10,12-18H;6-9,12-14H,11H2,1-5H3;/q2*-1;. The molecule has 10 aromatic rings. The van der Waals surface area contributed by atoms with E-state index in [4.69, 9.17) is 14.4 Å². The smallest absolute Gasteiger partial charge is 0.120 e. The van der Waals surface area contributed by atoms with Crippen molar-refractivity contribution in [3.8, 4) is 28.3 Å². The molecule has 6 aromatic carbocycles. The van der Waals surface area contributed by atoms with Crippen LogP contribution in [0.4, 0.5) is 0 Å². The SMILES string of the molecule is CC(C)Cc1cc(-c2[c-]cccc2)nc[c]1[Ge]([CH3])([CH3])[CH3].[Ir].[c-]1ccc2c(oc3ccccc32)c1-c1nc2ccccc2n1-c1ccc2sc3ccccc3c2c1. The van der Waals surface area contributed by atoms with Crippen molar-refractivity contribution in [1.82, 2.24) is 14.5 Å². The van der Waals surface area contributed by atoms with Gasteiger partial charge in [0.2, 0.25) is 0 Å². The Labute approximate surface area is 348 Å². The molecule has 0 aliphatic carbocycles. The van der Waals surface area contributed by atoms with Crippen molar-refractivity contribution in [2.75, 3.05) is 0 Å². The zero-order chi connectivity index (χ0) is 37.7. The Hall–Kier alpha value is -4.85. The van der Waals surface area contributed by atoms with Crippen molar-refractivity contribution in [3.63, 3.8) is 0 Å². The number of hydrogen-bond donors (Lipinski definition) is 0. The second kappa shape index (κ2) is 15.6. The number of furan rings is 1. The summed E-state index contributed by atoms with van der Waals surface area (Å²) >= 11 is -0.0280. The fraction of sp³-hybridized carbons (Fsp3) is 0.143. The van der Waals surface area contributed by atoms with Gasteiger partial charge in [0.15, 0.2) is 0 Å². The Morgan fingerprint density at radius 3 is 2.29 bits per heavy atom. The van der Waals surface area contributed by atoms with Gasteiger partial charge in [0.1, 0.15) is 5.58 Å². The van der Waals surface area contributed by atoms with Gasteiger partial charge in [-0.3, -0.25) is 4.98 Å². The van der Waals surface area contributed by atoms with Gasteiger partial charge < -0.3 is 8.98 Å². The number of fused-ring (bicyclic) bond motifs is 7. The van der Waals surface area contributed by atoms with E-state index in [1.807, 2.05) is 59.9 Å². The van der Waals surface area contributed by atoms with Gasteiger partial charge in [0.05, 0.1) is 22.4 Å². The summed E-state index contributed by atoms with van der Waals surface area (Å²) in [7, 11) is 0. The van der Waals surface area contributed by atoms with Crippen LogP contribution in [-0.4, -0.2) is 27.8 Å². The van der Waals surface area contributed by atoms with Crippen molar-refractivity contribution in [3.05, 3.63) is 157 Å². The first kappa shape index (κ1) is 38.0. The number of hydrogen-bond acceptors (Lipinski definition) is 4. The molecule has 4 aromatic heterocycles. The Kier molecular flexibility index (Phi) is 10.6. The van der Waals surface area contributed by atoms with Gasteiger partial charge in [-0.25, -0.2) is 0 Å². The molecule has 0 bridgehead atoms. The molecule has 7 heteroatoms. The Morgan fingerprint density at radius 1 is 0.732 bits per heavy atom. The van der Waals surface area contributed by atoms with Crippen molar-refractivity contribution >= 4 is 82.1 Å². The predicted octanol–water partition coefficient (Wildman–Crippen LogP) is 13.0. The van der Waals surface area contributed by atoms with Crippen LogP contribution in [0.3, 0.4) is 0 Å². The largest absolute Gasteiger partial charge is 0.501 e. The van der Waals surface area contributed by atoms with Crippen LogP contribution in [0.15, 0.2) is 144 Å². The van der Waals surface area contributed by atoms with Crippen LogP contribution in [0.5, 0.6) is 0 Å². The van der Waals surface area contributed by atoms with Crippen molar-refractivity contribution < 1.29 is 24.5 Å². The first-order valence-electron chi connectivity index (χ1n) is 18.9. The molecule has 0 spiro atoms. The summed E-state index contributed by atoms with van der Waals surface area (Å²) in [6.45, 7) is 4.57. The fourth-order valence-corrected chi connectivity index (χ4v) is 12.1. The molecule has 4 heterocycles. The molecule has 0 unspecified atom stereocenters. The van der Waals surface area contributed by atoms with E-state index in [0.717, 1.165) is 67.7 Å². The molecule has 0 saturated heterocycles. The molecule has 0 saturated carbocycles. The zero-order valence-electron chi connectivity index (χ0n) is 32.1. The van der Waals surface area contributed by atoms with Crippen LogP contribution in [0.1, 0.15) is 19.4 Å². The van der Waals surface area contributed by atoms with Crippen LogP contribution in [0.2, 0.25) is 17.3 Å². The Balaban J connectivity index is 0.000000181. The summed E-state index contributed by atoms with van der Waals surface area (Å²) in [5.41, 5.74) is 9.26. The number of thiophene rings is 1. The molecule has 0 aliphatic heterocycles. The van der Waals surface area contributed by atoms with E-state index in [2.05, 4.69) is 139 Å². The van der Waals surface area contributed by atoms with Gasteiger partial charge in [0, 0.05) is 51.4 Å². The average Bonchev–Trinajstić information content (AvgIpc) is 3.89. The van der Waals surface area contributed by atoms with E-state index >= 15 is 0 Å². The van der Waals surface area contributed by atoms with E-state index in [1.165, 1.54) is 25.7 Å².